The van der Waals surface area contributed by atoms with Gasteiger partial charge >= 0.3 is 0 Å². The zero-order chi connectivity index (χ0) is 14.0. The number of benzene rings is 1. The van der Waals surface area contributed by atoms with Crippen LogP contribution in [0, 0.1) is 11.3 Å². The summed E-state index contributed by atoms with van der Waals surface area (Å²) >= 11 is 0. The molecule has 18 heavy (non-hydrogen) atoms. The highest BCUT2D eigenvalue weighted by Crippen LogP contribution is 2.21. The van der Waals surface area contributed by atoms with Crippen LogP contribution in [0.2, 0.25) is 0 Å². The summed E-state index contributed by atoms with van der Waals surface area (Å²) in [5.41, 5.74) is 5.54. The Morgan fingerprint density at radius 1 is 1.44 bits per heavy atom. The fraction of sp³-hybridized carbons (Fsp3) is 0.417. The number of rotatable bonds is 4. The number of hydrogen-bond donors (Lipinski definition) is 2. The van der Waals surface area contributed by atoms with Crippen LogP contribution in [0.1, 0.15) is 32.8 Å². The van der Waals surface area contributed by atoms with E-state index in [2.05, 4.69) is 4.72 Å². The number of nitrogens with one attached hydrogen (secondary N) is 1. The highest BCUT2D eigenvalue weighted by Gasteiger charge is 2.26. The van der Waals surface area contributed by atoms with E-state index in [4.69, 9.17) is 11.0 Å². The van der Waals surface area contributed by atoms with Crippen LogP contribution in [0.25, 0.3) is 0 Å². The van der Waals surface area contributed by atoms with Crippen LogP contribution in [0.4, 0.5) is 5.69 Å². The van der Waals surface area contributed by atoms with Gasteiger partial charge in [0.1, 0.15) is 4.90 Å². The molecule has 0 unspecified atom stereocenters. The van der Waals surface area contributed by atoms with Crippen LogP contribution >= 0.6 is 0 Å². The monoisotopic (exact) mass is 267 g/mol. The van der Waals surface area contributed by atoms with Crippen molar-refractivity contribution in [2.45, 2.75) is 37.6 Å². The molecule has 0 radical (unpaired) electrons. The summed E-state index contributed by atoms with van der Waals surface area (Å²) in [6, 6.07) is 6.05. The molecule has 0 aromatic heterocycles. The molecule has 6 heteroatoms. The van der Waals surface area contributed by atoms with Crippen LogP contribution < -0.4 is 10.5 Å². The van der Waals surface area contributed by atoms with Crippen molar-refractivity contribution in [3.63, 3.8) is 0 Å². The minimum absolute atomic E-state index is 0.00280. The molecule has 98 valence electrons. The van der Waals surface area contributed by atoms with Gasteiger partial charge in [-0.05, 0) is 38.5 Å². The van der Waals surface area contributed by atoms with Crippen LogP contribution in [0.3, 0.4) is 0 Å². The highest BCUT2D eigenvalue weighted by atomic mass is 32.2. The van der Waals surface area contributed by atoms with Crippen LogP contribution in [0.5, 0.6) is 0 Å². The topological polar surface area (TPSA) is 96.0 Å². The lowest BCUT2D eigenvalue weighted by Crippen LogP contribution is -2.42. The summed E-state index contributed by atoms with van der Waals surface area (Å²) in [7, 11) is -3.67. The quantitative estimate of drug-likeness (QED) is 0.810. The molecule has 0 aliphatic heterocycles. The van der Waals surface area contributed by atoms with Gasteiger partial charge in [0.2, 0.25) is 10.0 Å². The van der Waals surface area contributed by atoms with E-state index in [0.29, 0.717) is 12.0 Å². The summed E-state index contributed by atoms with van der Waals surface area (Å²) in [5, 5.41) is 8.71. The largest absolute Gasteiger partial charge is 0.398 e. The Morgan fingerprint density at radius 3 is 2.50 bits per heavy atom. The minimum Gasteiger partial charge on any atom is -0.398 e. The molecule has 0 atom stereocenters. The van der Waals surface area contributed by atoms with E-state index in [1.54, 1.807) is 13.8 Å². The van der Waals surface area contributed by atoms with E-state index in [1.807, 2.05) is 13.0 Å². The Hall–Kier alpha value is -1.58. The standard InChI is InChI=1S/C12H17N3O2S/c1-4-12(2,3)15-18(16,17)11-6-5-9(8-13)7-10(11)14/h5-7,15H,4,14H2,1-3H3. The molecule has 0 aliphatic rings. The third-order valence-electron chi connectivity index (χ3n) is 2.72. The predicted molar refractivity (Wildman–Crippen MR) is 70.3 cm³/mol. The van der Waals surface area contributed by atoms with Gasteiger partial charge in [0.15, 0.2) is 0 Å². The normalized spacial score (nSPS) is 12.1. The number of nitrogens with zero attached hydrogens (tertiary/aromatic N) is 1. The molecule has 3 N–H and O–H groups in total. The molecule has 5 nitrogen and oxygen atoms in total. The van der Waals surface area contributed by atoms with Gasteiger partial charge in [-0.15, -0.1) is 0 Å². The van der Waals surface area contributed by atoms with Gasteiger partial charge in [0, 0.05) is 5.54 Å². The first-order valence-electron chi connectivity index (χ1n) is 5.55. The molecule has 0 fully saturated rings. The molecule has 0 spiro atoms. The van der Waals surface area contributed by atoms with Crippen molar-refractivity contribution in [2.75, 3.05) is 5.73 Å². The smallest absolute Gasteiger partial charge is 0.243 e. The second kappa shape index (κ2) is 4.96. The maximum absolute atomic E-state index is 12.2. The molecule has 1 aromatic rings. The molecule has 0 saturated heterocycles. The Labute approximate surface area is 108 Å². The van der Waals surface area contributed by atoms with Gasteiger partial charge in [-0.25, -0.2) is 13.1 Å². The van der Waals surface area contributed by atoms with Gasteiger partial charge in [0.05, 0.1) is 17.3 Å². The molecule has 0 saturated carbocycles. The van der Waals surface area contributed by atoms with Crippen LogP contribution in [-0.4, -0.2) is 14.0 Å². The summed E-state index contributed by atoms with van der Waals surface area (Å²) in [6.07, 6.45) is 0.655. The number of nitriles is 1. The van der Waals surface area contributed by atoms with Crippen molar-refractivity contribution in [2.24, 2.45) is 0 Å². The molecular formula is C12H17N3O2S. The van der Waals surface area contributed by atoms with Crippen molar-refractivity contribution in [3.8, 4) is 6.07 Å². The van der Waals surface area contributed by atoms with Crippen molar-refractivity contribution in [1.29, 1.82) is 5.26 Å². The Kier molecular flexibility index (Phi) is 3.99. The van der Waals surface area contributed by atoms with Crippen molar-refractivity contribution >= 4 is 15.7 Å². The van der Waals surface area contributed by atoms with Crippen LogP contribution in [-0.2, 0) is 10.0 Å². The fourth-order valence-corrected chi connectivity index (χ4v) is 2.95. The molecule has 0 amide bonds. The Morgan fingerprint density at radius 2 is 2.06 bits per heavy atom. The average Bonchev–Trinajstić information content (AvgIpc) is 2.27. The summed E-state index contributed by atoms with van der Waals surface area (Å²) in [6.45, 7) is 5.49. The average molecular weight is 267 g/mol. The first kappa shape index (κ1) is 14.5. The second-order valence-corrected chi connectivity index (χ2v) is 6.36. The fourth-order valence-electron chi connectivity index (χ4n) is 1.35. The van der Waals surface area contributed by atoms with E-state index in [1.165, 1.54) is 18.2 Å². The molecule has 0 bridgehead atoms. The third kappa shape index (κ3) is 3.22. The number of anilines is 1. The molecule has 0 aliphatic carbocycles. The lowest BCUT2D eigenvalue weighted by atomic mass is 10.0. The van der Waals surface area contributed by atoms with Crippen LogP contribution in [0.15, 0.2) is 23.1 Å². The van der Waals surface area contributed by atoms with Gasteiger partial charge in [-0.3, -0.25) is 0 Å². The van der Waals surface area contributed by atoms with E-state index >= 15 is 0 Å². The van der Waals surface area contributed by atoms with Gasteiger partial charge in [0.25, 0.3) is 0 Å². The lowest BCUT2D eigenvalue weighted by Gasteiger charge is -2.24. The zero-order valence-corrected chi connectivity index (χ0v) is 11.5. The number of nitrogen functional groups attached to an aromatic ring is 1. The van der Waals surface area contributed by atoms with E-state index in [9.17, 15) is 8.42 Å². The van der Waals surface area contributed by atoms with E-state index in [0.717, 1.165) is 0 Å². The Bertz CT molecular complexity index is 586. The van der Waals surface area contributed by atoms with Gasteiger partial charge in [-0.1, -0.05) is 6.92 Å². The summed E-state index contributed by atoms with van der Waals surface area (Å²) < 4.78 is 26.9. The van der Waals surface area contributed by atoms with Crippen molar-refractivity contribution in [1.82, 2.24) is 4.72 Å². The maximum Gasteiger partial charge on any atom is 0.243 e. The minimum atomic E-state index is -3.67. The van der Waals surface area contributed by atoms with Gasteiger partial charge in [-0.2, -0.15) is 5.26 Å². The third-order valence-corrected chi connectivity index (χ3v) is 4.50. The zero-order valence-electron chi connectivity index (χ0n) is 10.7. The summed E-state index contributed by atoms with van der Waals surface area (Å²) in [5.74, 6) is 0. The highest BCUT2D eigenvalue weighted by molar-refractivity contribution is 7.89. The predicted octanol–water partition coefficient (Wildman–Crippen LogP) is 1.61. The van der Waals surface area contributed by atoms with Gasteiger partial charge < -0.3 is 5.73 Å². The number of nitrogens with two attached hydrogens (primary N) is 1. The number of sulfonamides is 1. The van der Waals surface area contributed by atoms with Crippen molar-refractivity contribution < 1.29 is 8.42 Å². The molecule has 0 heterocycles. The maximum atomic E-state index is 12.2. The summed E-state index contributed by atoms with van der Waals surface area (Å²) in [4.78, 5) is 0.00280. The molecule has 1 aromatic carbocycles. The first-order valence-corrected chi connectivity index (χ1v) is 7.04. The first-order chi connectivity index (χ1) is 8.22. The molecular weight excluding hydrogens is 250 g/mol. The van der Waals surface area contributed by atoms with E-state index < -0.39 is 15.6 Å². The van der Waals surface area contributed by atoms with Crippen molar-refractivity contribution in [3.05, 3.63) is 23.8 Å². The second-order valence-electron chi connectivity index (χ2n) is 4.71. The SMILES string of the molecule is CCC(C)(C)NS(=O)(=O)c1ccc(C#N)cc1N. The molecule has 1 rings (SSSR count). The Balaban J connectivity index is 3.19. The lowest BCUT2D eigenvalue weighted by molar-refractivity contribution is 0.439. The number of hydrogen-bond acceptors (Lipinski definition) is 4. The van der Waals surface area contributed by atoms with E-state index in [-0.39, 0.29) is 10.6 Å².